The number of hydrogen-bond donors (Lipinski definition) is 1. The van der Waals surface area contributed by atoms with Gasteiger partial charge in [-0.2, -0.15) is 0 Å². The molecule has 0 bridgehead atoms. The minimum atomic E-state index is -0.147. The van der Waals surface area contributed by atoms with Crippen LogP contribution in [0.5, 0.6) is 0 Å². The van der Waals surface area contributed by atoms with E-state index in [9.17, 15) is 4.79 Å². The van der Waals surface area contributed by atoms with Gasteiger partial charge in [-0.05, 0) is 45.1 Å². The van der Waals surface area contributed by atoms with Crippen LogP contribution in [0.1, 0.15) is 61.4 Å². The molecule has 1 atom stereocenters. The Morgan fingerprint density at radius 2 is 1.91 bits per heavy atom. The topological polar surface area (TPSA) is 84.2 Å². The second kappa shape index (κ2) is 8.73. The van der Waals surface area contributed by atoms with Crippen molar-refractivity contribution in [1.29, 1.82) is 0 Å². The predicted molar refractivity (Wildman–Crippen MR) is 122 cm³/mol. The molecule has 3 heterocycles. The number of hydrogen-bond acceptors (Lipinski definition) is 6. The zero-order valence-corrected chi connectivity index (χ0v) is 18.6. The molecule has 0 spiro atoms. The summed E-state index contributed by atoms with van der Waals surface area (Å²) in [4.78, 5) is 24.5. The Morgan fingerprint density at radius 3 is 2.56 bits per heavy atom. The first-order valence-electron chi connectivity index (χ1n) is 11.5. The van der Waals surface area contributed by atoms with Crippen molar-refractivity contribution in [3.63, 3.8) is 0 Å². The maximum Gasteiger partial charge on any atom is 0.227 e. The highest BCUT2D eigenvalue weighted by molar-refractivity contribution is 5.83. The van der Waals surface area contributed by atoms with Crippen LogP contribution < -0.4 is 10.2 Å². The summed E-state index contributed by atoms with van der Waals surface area (Å²) in [5, 5.41) is 7.25. The number of carbonyl (C=O) groups excluding carboxylic acids is 1. The Kier molecular flexibility index (Phi) is 5.64. The smallest absolute Gasteiger partial charge is 0.227 e. The number of aryl methyl sites for hydroxylation is 1. The second-order valence-corrected chi connectivity index (χ2v) is 8.98. The summed E-state index contributed by atoms with van der Waals surface area (Å²) in [6.45, 7) is 5.54. The minimum Gasteiger partial charge on any atom is -0.356 e. The standard InChI is InChI=1S/C25H29N5O2/c1-16-14-22(32-29-16)21-15-26-25(28-23(21)19-8-9-19)30-12-10-20(11-13-30)27-24(31)17(2)18-6-4-3-5-7-18/h3-7,14-15,17,19-20H,8-13H2,1-2H3,(H,27,31)/t17-/m1/s1. The van der Waals surface area contributed by atoms with Crippen molar-refractivity contribution in [1.82, 2.24) is 20.4 Å². The van der Waals surface area contributed by atoms with Crippen LogP contribution in [0.15, 0.2) is 47.1 Å². The first kappa shape index (κ1) is 20.7. The molecule has 7 nitrogen and oxygen atoms in total. The molecule has 1 aromatic carbocycles. The maximum absolute atomic E-state index is 12.7. The normalized spacial score (nSPS) is 17.9. The zero-order chi connectivity index (χ0) is 22.1. The van der Waals surface area contributed by atoms with Crippen molar-refractivity contribution in [3.05, 3.63) is 59.5 Å². The molecule has 1 aliphatic carbocycles. The lowest BCUT2D eigenvalue weighted by Gasteiger charge is -2.33. The molecule has 32 heavy (non-hydrogen) atoms. The van der Waals surface area contributed by atoms with E-state index in [2.05, 4.69) is 20.4 Å². The van der Waals surface area contributed by atoms with Crippen molar-refractivity contribution in [2.75, 3.05) is 18.0 Å². The molecule has 2 aliphatic rings. The van der Waals surface area contributed by atoms with Crippen LogP contribution in [0, 0.1) is 6.92 Å². The predicted octanol–water partition coefficient (Wildman–Crippen LogP) is 4.21. The van der Waals surface area contributed by atoms with Gasteiger partial charge < -0.3 is 14.7 Å². The van der Waals surface area contributed by atoms with E-state index < -0.39 is 0 Å². The summed E-state index contributed by atoms with van der Waals surface area (Å²) in [6.07, 6.45) is 5.97. The van der Waals surface area contributed by atoms with E-state index in [1.807, 2.05) is 56.4 Å². The molecular formula is C25H29N5O2. The molecule has 1 N–H and O–H groups in total. The van der Waals surface area contributed by atoms with E-state index in [0.717, 1.165) is 73.0 Å². The number of carbonyl (C=O) groups is 1. The van der Waals surface area contributed by atoms with E-state index in [1.54, 1.807) is 0 Å². The van der Waals surface area contributed by atoms with E-state index in [4.69, 9.17) is 9.51 Å². The number of aromatic nitrogens is 3. The van der Waals surface area contributed by atoms with E-state index in [-0.39, 0.29) is 17.9 Å². The zero-order valence-electron chi connectivity index (χ0n) is 18.6. The van der Waals surface area contributed by atoms with Crippen LogP contribution >= 0.6 is 0 Å². The van der Waals surface area contributed by atoms with Gasteiger partial charge in [-0.15, -0.1) is 0 Å². The van der Waals surface area contributed by atoms with Gasteiger partial charge in [0.05, 0.1) is 22.9 Å². The number of benzene rings is 1. The third-order valence-electron chi connectivity index (χ3n) is 6.48. The summed E-state index contributed by atoms with van der Waals surface area (Å²) in [5.41, 5.74) is 3.93. The summed E-state index contributed by atoms with van der Waals surface area (Å²) in [7, 11) is 0. The lowest BCUT2D eigenvalue weighted by molar-refractivity contribution is -0.123. The number of nitrogens with one attached hydrogen (secondary N) is 1. The van der Waals surface area contributed by atoms with Gasteiger partial charge >= 0.3 is 0 Å². The first-order chi connectivity index (χ1) is 15.6. The van der Waals surface area contributed by atoms with Gasteiger partial charge in [0, 0.05) is 37.3 Å². The van der Waals surface area contributed by atoms with Gasteiger partial charge in [0.1, 0.15) is 0 Å². The quantitative estimate of drug-likeness (QED) is 0.630. The molecule has 166 valence electrons. The summed E-state index contributed by atoms with van der Waals surface area (Å²) in [5.74, 6) is 1.94. The Balaban J connectivity index is 1.22. The van der Waals surface area contributed by atoms with Crippen LogP contribution in [0.25, 0.3) is 11.3 Å². The van der Waals surface area contributed by atoms with Gasteiger partial charge in [-0.3, -0.25) is 4.79 Å². The van der Waals surface area contributed by atoms with Crippen LogP contribution in [0.2, 0.25) is 0 Å². The number of rotatable bonds is 6. The largest absolute Gasteiger partial charge is 0.356 e. The summed E-state index contributed by atoms with van der Waals surface area (Å²) >= 11 is 0. The van der Waals surface area contributed by atoms with Crippen molar-refractivity contribution < 1.29 is 9.32 Å². The molecule has 0 unspecified atom stereocenters. The molecule has 2 aromatic heterocycles. The highest BCUT2D eigenvalue weighted by atomic mass is 16.5. The van der Waals surface area contributed by atoms with Crippen LogP contribution in [0.3, 0.4) is 0 Å². The number of piperidine rings is 1. The molecule has 0 radical (unpaired) electrons. The molecule has 2 fully saturated rings. The highest BCUT2D eigenvalue weighted by Crippen LogP contribution is 2.43. The average Bonchev–Trinajstić information content (AvgIpc) is 3.59. The molecule has 1 aliphatic heterocycles. The Morgan fingerprint density at radius 1 is 1.16 bits per heavy atom. The highest BCUT2D eigenvalue weighted by Gasteiger charge is 2.31. The molecule has 3 aromatic rings. The van der Waals surface area contributed by atoms with Gasteiger partial charge in [0.25, 0.3) is 0 Å². The minimum absolute atomic E-state index is 0.0913. The lowest BCUT2D eigenvalue weighted by Crippen LogP contribution is -2.46. The summed E-state index contributed by atoms with van der Waals surface area (Å²) < 4.78 is 5.47. The van der Waals surface area contributed by atoms with Crippen molar-refractivity contribution in [2.45, 2.75) is 57.4 Å². The fourth-order valence-electron chi connectivity index (χ4n) is 4.33. The lowest BCUT2D eigenvalue weighted by atomic mass is 9.98. The third kappa shape index (κ3) is 4.38. The van der Waals surface area contributed by atoms with Gasteiger partial charge in [-0.25, -0.2) is 9.97 Å². The molecule has 1 amide bonds. The average molecular weight is 432 g/mol. The molecule has 7 heteroatoms. The SMILES string of the molecule is Cc1cc(-c2cnc(N3CCC(NC(=O)[C@H](C)c4ccccc4)CC3)nc2C2CC2)on1. The Hall–Kier alpha value is -3.22. The summed E-state index contributed by atoms with van der Waals surface area (Å²) in [6, 6.07) is 12.1. The monoisotopic (exact) mass is 431 g/mol. The molecular weight excluding hydrogens is 402 g/mol. The molecule has 1 saturated carbocycles. The first-order valence-corrected chi connectivity index (χ1v) is 11.5. The second-order valence-electron chi connectivity index (χ2n) is 8.98. The van der Waals surface area contributed by atoms with Crippen molar-refractivity contribution in [2.24, 2.45) is 0 Å². The molecule has 1 saturated heterocycles. The fraction of sp³-hybridized carbons (Fsp3) is 0.440. The van der Waals surface area contributed by atoms with Crippen molar-refractivity contribution >= 4 is 11.9 Å². The van der Waals surface area contributed by atoms with Crippen LogP contribution in [-0.2, 0) is 4.79 Å². The van der Waals surface area contributed by atoms with Gasteiger partial charge in [-0.1, -0.05) is 35.5 Å². The van der Waals surface area contributed by atoms with Gasteiger partial charge in [0.15, 0.2) is 5.76 Å². The van der Waals surface area contributed by atoms with E-state index in [0.29, 0.717) is 5.92 Å². The number of amides is 1. The maximum atomic E-state index is 12.7. The number of nitrogens with zero attached hydrogens (tertiary/aromatic N) is 4. The van der Waals surface area contributed by atoms with Gasteiger partial charge in [0.2, 0.25) is 11.9 Å². The van der Waals surface area contributed by atoms with E-state index >= 15 is 0 Å². The third-order valence-corrected chi connectivity index (χ3v) is 6.48. The van der Waals surface area contributed by atoms with Crippen molar-refractivity contribution in [3.8, 4) is 11.3 Å². The van der Waals surface area contributed by atoms with E-state index in [1.165, 1.54) is 0 Å². The Bertz CT molecular complexity index is 1080. The van der Waals surface area contributed by atoms with Crippen LogP contribution in [0.4, 0.5) is 5.95 Å². The Labute approximate surface area is 188 Å². The van der Waals surface area contributed by atoms with Crippen LogP contribution in [-0.4, -0.2) is 40.2 Å². The fourth-order valence-corrected chi connectivity index (χ4v) is 4.33. The number of anilines is 1. The molecule has 5 rings (SSSR count).